The molecule has 0 nitrogen and oxygen atoms in total. The van der Waals surface area contributed by atoms with Gasteiger partial charge in [0.25, 0.3) is 0 Å². The first-order chi connectivity index (χ1) is 7.29. The second-order valence-corrected chi connectivity index (χ2v) is 4.38. The summed E-state index contributed by atoms with van der Waals surface area (Å²) in [5.74, 6) is 0. The molecule has 0 atom stereocenters. The van der Waals surface area contributed by atoms with Crippen LogP contribution >= 0.6 is 0 Å². The number of benzene rings is 1. The summed E-state index contributed by atoms with van der Waals surface area (Å²) in [5.41, 5.74) is 4.62. The first-order valence-electron chi connectivity index (χ1n) is 6.37. The lowest BCUT2D eigenvalue weighted by Crippen LogP contribution is -1.96. The van der Waals surface area contributed by atoms with Gasteiger partial charge in [0.2, 0.25) is 0 Å². The van der Waals surface area contributed by atoms with Crippen LogP contribution in [0.2, 0.25) is 0 Å². The summed E-state index contributed by atoms with van der Waals surface area (Å²) in [5, 5.41) is 0. The van der Waals surface area contributed by atoms with Gasteiger partial charge in [0.1, 0.15) is 0 Å². The van der Waals surface area contributed by atoms with E-state index in [2.05, 4.69) is 39.0 Å². The van der Waals surface area contributed by atoms with Crippen LogP contribution in [0.4, 0.5) is 0 Å². The van der Waals surface area contributed by atoms with Crippen molar-refractivity contribution in [3.8, 4) is 0 Å². The minimum atomic E-state index is 1.18. The van der Waals surface area contributed by atoms with E-state index in [0.717, 1.165) is 0 Å². The fourth-order valence-electron chi connectivity index (χ4n) is 2.25. The van der Waals surface area contributed by atoms with Crippen LogP contribution < -0.4 is 0 Å². The highest BCUT2D eigenvalue weighted by molar-refractivity contribution is 5.34. The number of aryl methyl sites for hydroxylation is 2. The van der Waals surface area contributed by atoms with Crippen LogP contribution in [-0.2, 0) is 12.8 Å². The molecule has 0 bridgehead atoms. The molecule has 0 aromatic heterocycles. The Morgan fingerprint density at radius 3 is 2.47 bits per heavy atom. The predicted molar refractivity (Wildman–Crippen MR) is 68.4 cm³/mol. The first-order valence-corrected chi connectivity index (χ1v) is 6.37. The van der Waals surface area contributed by atoms with Gasteiger partial charge in [-0.3, -0.25) is 0 Å². The third kappa shape index (κ3) is 3.70. The molecule has 15 heavy (non-hydrogen) atoms. The highest BCUT2D eigenvalue weighted by atomic mass is 14.1. The fraction of sp³-hybridized carbons (Fsp3) is 0.600. The van der Waals surface area contributed by atoms with Gasteiger partial charge >= 0.3 is 0 Å². The zero-order chi connectivity index (χ0) is 11.1. The Balaban J connectivity index is 2.56. The number of hydrogen-bond donors (Lipinski definition) is 0. The van der Waals surface area contributed by atoms with Crippen molar-refractivity contribution in [1.29, 1.82) is 0 Å². The summed E-state index contributed by atoms with van der Waals surface area (Å²) < 4.78 is 0. The Morgan fingerprint density at radius 1 is 1.00 bits per heavy atom. The average molecular weight is 204 g/mol. The van der Waals surface area contributed by atoms with Crippen molar-refractivity contribution >= 4 is 0 Å². The summed E-state index contributed by atoms with van der Waals surface area (Å²) in [6.45, 7) is 6.76. The fourth-order valence-corrected chi connectivity index (χ4v) is 2.25. The molecule has 0 aliphatic rings. The lowest BCUT2D eigenvalue weighted by atomic mass is 9.95. The van der Waals surface area contributed by atoms with E-state index in [1.54, 1.807) is 11.1 Å². The standard InChI is InChI=1S/C15H24/c1-4-6-7-8-11-14-12-9-10-13(3)15(14)5-2/h9-10,12H,4-8,11H2,1-3H3. The van der Waals surface area contributed by atoms with E-state index in [9.17, 15) is 0 Å². The van der Waals surface area contributed by atoms with Crippen LogP contribution in [0.3, 0.4) is 0 Å². The minimum absolute atomic E-state index is 1.18. The Kier molecular flexibility index (Phi) is 5.45. The quantitative estimate of drug-likeness (QED) is 0.590. The summed E-state index contributed by atoms with van der Waals surface area (Å²) >= 11 is 0. The number of hydrogen-bond acceptors (Lipinski definition) is 0. The lowest BCUT2D eigenvalue weighted by molar-refractivity contribution is 0.664. The van der Waals surface area contributed by atoms with E-state index >= 15 is 0 Å². The molecule has 0 saturated heterocycles. The van der Waals surface area contributed by atoms with Crippen molar-refractivity contribution < 1.29 is 0 Å². The van der Waals surface area contributed by atoms with Crippen LogP contribution in [0.1, 0.15) is 56.2 Å². The van der Waals surface area contributed by atoms with Gasteiger partial charge in [-0.2, -0.15) is 0 Å². The maximum Gasteiger partial charge on any atom is -0.0276 e. The summed E-state index contributed by atoms with van der Waals surface area (Å²) in [6.07, 6.45) is 7.89. The predicted octanol–water partition coefficient (Wildman–Crippen LogP) is 4.68. The van der Waals surface area contributed by atoms with Crippen molar-refractivity contribution in [2.75, 3.05) is 0 Å². The van der Waals surface area contributed by atoms with Crippen LogP contribution in [0.15, 0.2) is 18.2 Å². The molecule has 0 aliphatic carbocycles. The molecule has 0 saturated carbocycles. The lowest BCUT2D eigenvalue weighted by Gasteiger charge is -2.10. The SMILES string of the molecule is CCCCCCc1cccc(C)c1CC. The third-order valence-electron chi connectivity index (χ3n) is 3.16. The minimum Gasteiger partial charge on any atom is -0.0654 e. The third-order valence-corrected chi connectivity index (χ3v) is 3.16. The molecular formula is C15H24. The highest BCUT2D eigenvalue weighted by Gasteiger charge is 2.02. The van der Waals surface area contributed by atoms with Gasteiger partial charge in [0.05, 0.1) is 0 Å². The second kappa shape index (κ2) is 6.66. The van der Waals surface area contributed by atoms with Crippen molar-refractivity contribution in [1.82, 2.24) is 0 Å². The zero-order valence-electron chi connectivity index (χ0n) is 10.5. The first kappa shape index (κ1) is 12.3. The van der Waals surface area contributed by atoms with Gasteiger partial charge in [0.15, 0.2) is 0 Å². The van der Waals surface area contributed by atoms with Crippen LogP contribution in [0, 0.1) is 6.92 Å². The Hall–Kier alpha value is -0.780. The van der Waals surface area contributed by atoms with E-state index in [4.69, 9.17) is 0 Å². The Bertz CT molecular complexity index is 286. The van der Waals surface area contributed by atoms with Gasteiger partial charge in [-0.05, 0) is 42.9 Å². The van der Waals surface area contributed by atoms with Crippen LogP contribution in [0.25, 0.3) is 0 Å². The summed E-state index contributed by atoms with van der Waals surface area (Å²) in [4.78, 5) is 0. The topological polar surface area (TPSA) is 0 Å². The average Bonchev–Trinajstić information content (AvgIpc) is 2.24. The number of unbranched alkanes of at least 4 members (excludes halogenated alkanes) is 3. The Labute approximate surface area is 94.7 Å². The van der Waals surface area contributed by atoms with Gasteiger partial charge in [-0.1, -0.05) is 51.3 Å². The molecule has 0 amide bonds. The van der Waals surface area contributed by atoms with Gasteiger partial charge in [-0.25, -0.2) is 0 Å². The molecule has 0 aliphatic heterocycles. The highest BCUT2D eigenvalue weighted by Crippen LogP contribution is 2.17. The van der Waals surface area contributed by atoms with E-state index in [-0.39, 0.29) is 0 Å². The van der Waals surface area contributed by atoms with E-state index in [1.165, 1.54) is 44.1 Å². The van der Waals surface area contributed by atoms with Crippen LogP contribution in [0.5, 0.6) is 0 Å². The van der Waals surface area contributed by atoms with Crippen molar-refractivity contribution in [2.24, 2.45) is 0 Å². The largest absolute Gasteiger partial charge is 0.0654 e. The summed E-state index contributed by atoms with van der Waals surface area (Å²) in [6, 6.07) is 6.73. The molecule has 0 unspecified atom stereocenters. The smallest absolute Gasteiger partial charge is 0.0276 e. The molecule has 0 heteroatoms. The Morgan fingerprint density at radius 2 is 1.80 bits per heavy atom. The molecule has 0 N–H and O–H groups in total. The molecule has 0 fully saturated rings. The maximum atomic E-state index is 2.30. The van der Waals surface area contributed by atoms with Crippen molar-refractivity contribution in [3.63, 3.8) is 0 Å². The van der Waals surface area contributed by atoms with E-state index < -0.39 is 0 Å². The molecule has 1 aromatic rings. The second-order valence-electron chi connectivity index (χ2n) is 4.38. The van der Waals surface area contributed by atoms with E-state index in [0.29, 0.717) is 0 Å². The monoisotopic (exact) mass is 204 g/mol. The summed E-state index contributed by atoms with van der Waals surface area (Å²) in [7, 11) is 0. The van der Waals surface area contributed by atoms with Gasteiger partial charge < -0.3 is 0 Å². The van der Waals surface area contributed by atoms with Gasteiger partial charge in [0, 0.05) is 0 Å². The zero-order valence-corrected chi connectivity index (χ0v) is 10.5. The van der Waals surface area contributed by atoms with Crippen LogP contribution in [-0.4, -0.2) is 0 Å². The maximum absolute atomic E-state index is 2.30. The molecule has 0 heterocycles. The van der Waals surface area contributed by atoms with Gasteiger partial charge in [-0.15, -0.1) is 0 Å². The molecular weight excluding hydrogens is 180 g/mol. The molecule has 1 aromatic carbocycles. The van der Waals surface area contributed by atoms with E-state index in [1.807, 2.05) is 0 Å². The molecule has 0 radical (unpaired) electrons. The molecule has 84 valence electrons. The van der Waals surface area contributed by atoms with Crippen molar-refractivity contribution in [3.05, 3.63) is 34.9 Å². The number of rotatable bonds is 6. The molecule has 1 rings (SSSR count). The normalized spacial score (nSPS) is 10.6. The molecule has 0 spiro atoms. The van der Waals surface area contributed by atoms with Crippen molar-refractivity contribution in [2.45, 2.75) is 59.3 Å².